The monoisotopic (exact) mass is 857 g/mol. The summed E-state index contributed by atoms with van der Waals surface area (Å²) in [4.78, 5) is 126. The van der Waals surface area contributed by atoms with Gasteiger partial charge in [0.05, 0.1) is 25.1 Å². The zero-order valence-electron chi connectivity index (χ0n) is 35.7. The van der Waals surface area contributed by atoms with E-state index in [0.717, 1.165) is 0 Å². The van der Waals surface area contributed by atoms with E-state index < -0.39 is 133 Å². The molecule has 8 atom stereocenters. The summed E-state index contributed by atoms with van der Waals surface area (Å²) in [5.74, 6) is -9.93. The fourth-order valence-corrected chi connectivity index (χ4v) is 5.50. The lowest BCUT2D eigenvalue weighted by Gasteiger charge is -2.29. The highest BCUT2D eigenvalue weighted by atomic mass is 16.4. The number of carbonyl (C=O) groups excluding carboxylic acids is 9. The van der Waals surface area contributed by atoms with Crippen molar-refractivity contribution in [2.75, 3.05) is 19.6 Å². The zero-order valence-corrected chi connectivity index (χ0v) is 35.7. The first-order chi connectivity index (χ1) is 27.8. The minimum Gasteiger partial charge on any atom is -0.480 e. The van der Waals surface area contributed by atoms with E-state index in [1.54, 1.807) is 27.7 Å². The Kier molecular flexibility index (Phi) is 24.9. The molecule has 0 aromatic rings. The highest BCUT2D eigenvalue weighted by Gasteiger charge is 2.35. The Balaban J connectivity index is 5.78. The van der Waals surface area contributed by atoms with E-state index in [-0.39, 0.29) is 18.3 Å². The number of aliphatic hydroxyl groups excluding tert-OH is 1. The number of hydrogen-bond acceptors (Lipinski definition) is 13. The molecule has 0 rings (SSSR count). The third kappa shape index (κ3) is 21.0. The molecule has 0 aromatic heterocycles. The van der Waals surface area contributed by atoms with E-state index in [2.05, 4.69) is 37.2 Å². The van der Waals surface area contributed by atoms with E-state index in [9.17, 15) is 53.1 Å². The normalized spacial score (nSPS) is 15.2. The van der Waals surface area contributed by atoms with Crippen molar-refractivity contribution < 1.29 is 58.2 Å². The van der Waals surface area contributed by atoms with Gasteiger partial charge in [-0.1, -0.05) is 41.5 Å². The second-order valence-corrected chi connectivity index (χ2v) is 15.6. The number of primary amides is 1. The van der Waals surface area contributed by atoms with Crippen LogP contribution in [-0.4, -0.2) is 137 Å². The van der Waals surface area contributed by atoms with Crippen LogP contribution < -0.4 is 59.7 Å². The number of carboxylic acid groups (broad SMARTS) is 1. The third-order valence-corrected chi connectivity index (χ3v) is 8.84. The summed E-state index contributed by atoms with van der Waals surface area (Å²) in [6.07, 6.45) is -0.733. The minimum absolute atomic E-state index is 0.128. The van der Waals surface area contributed by atoms with Crippen LogP contribution in [0.2, 0.25) is 0 Å². The molecule has 0 aromatic carbocycles. The largest absolute Gasteiger partial charge is 0.480 e. The van der Waals surface area contributed by atoms with Crippen LogP contribution in [0.25, 0.3) is 0 Å². The number of hydrogen-bond donors (Lipinski definition) is 13. The fraction of sp³-hybridized carbons (Fsp3) is 0.730. The molecule has 0 radical (unpaired) electrons. The molecule has 23 nitrogen and oxygen atoms in total. The summed E-state index contributed by atoms with van der Waals surface area (Å²) in [5, 5.41) is 38.2. The number of rotatable bonds is 28. The first-order valence-corrected chi connectivity index (χ1v) is 19.8. The van der Waals surface area contributed by atoms with Gasteiger partial charge in [0, 0.05) is 0 Å². The Morgan fingerprint density at radius 3 is 1.55 bits per heavy atom. The Labute approximate surface area is 349 Å². The molecule has 0 aliphatic heterocycles. The summed E-state index contributed by atoms with van der Waals surface area (Å²) < 4.78 is 0. The van der Waals surface area contributed by atoms with Crippen molar-refractivity contribution in [1.82, 2.24) is 42.5 Å². The van der Waals surface area contributed by atoms with Gasteiger partial charge in [0.15, 0.2) is 0 Å². The van der Waals surface area contributed by atoms with Crippen LogP contribution in [-0.2, 0) is 47.9 Å². The predicted molar refractivity (Wildman–Crippen MR) is 216 cm³/mol. The smallest absolute Gasteiger partial charge is 0.322 e. The summed E-state index contributed by atoms with van der Waals surface area (Å²) in [6.45, 7) is 11.6. The molecular weight excluding hydrogens is 790 g/mol. The van der Waals surface area contributed by atoms with Gasteiger partial charge in [-0.05, 0) is 63.8 Å². The number of unbranched alkanes of at least 4 members (excludes halogenated alkanes) is 1. The quantitative estimate of drug-likeness (QED) is 0.0329. The Hall–Kier alpha value is -5.42. The SMILES string of the molecule is CC(C)CC(N)C(=O)NC(C(=O)NC(CCCCN)C(=O)NC(C(=O)NC(C(=O)NCC(=O)NC(C)C(=O)NC(CC(N)=O)C(=O)NCC(=O)O)C(C)O)C(C)C)C(C)C. The average molecular weight is 858 g/mol. The zero-order chi connectivity index (χ0) is 46.4. The van der Waals surface area contributed by atoms with Gasteiger partial charge in [-0.15, -0.1) is 0 Å². The number of nitrogens with two attached hydrogens (primary N) is 3. The van der Waals surface area contributed by atoms with Crippen LogP contribution in [0, 0.1) is 17.8 Å². The molecule has 9 amide bonds. The van der Waals surface area contributed by atoms with Crippen molar-refractivity contribution in [3.63, 3.8) is 0 Å². The third-order valence-electron chi connectivity index (χ3n) is 8.84. The molecule has 0 aliphatic rings. The summed E-state index contributed by atoms with van der Waals surface area (Å²) in [5.41, 5.74) is 16.8. The molecule has 8 unspecified atom stereocenters. The summed E-state index contributed by atoms with van der Waals surface area (Å²) >= 11 is 0. The number of aliphatic carboxylic acids is 1. The highest BCUT2D eigenvalue weighted by Crippen LogP contribution is 2.10. The van der Waals surface area contributed by atoms with Gasteiger partial charge in [0.1, 0.15) is 42.8 Å². The highest BCUT2D eigenvalue weighted by molar-refractivity contribution is 5.98. The number of amides is 9. The van der Waals surface area contributed by atoms with Crippen LogP contribution in [0.1, 0.15) is 87.5 Å². The lowest BCUT2D eigenvalue weighted by atomic mass is 9.99. The first-order valence-electron chi connectivity index (χ1n) is 19.8. The lowest BCUT2D eigenvalue weighted by Crippen LogP contribution is -2.61. The van der Waals surface area contributed by atoms with Crippen molar-refractivity contribution in [2.45, 2.75) is 136 Å². The average Bonchev–Trinajstić information content (AvgIpc) is 3.13. The maximum absolute atomic E-state index is 13.7. The van der Waals surface area contributed by atoms with Crippen molar-refractivity contribution in [2.24, 2.45) is 35.0 Å². The topological polar surface area (TPSA) is 385 Å². The molecule has 60 heavy (non-hydrogen) atoms. The summed E-state index contributed by atoms with van der Waals surface area (Å²) in [7, 11) is 0. The van der Waals surface area contributed by atoms with Gasteiger partial charge >= 0.3 is 5.97 Å². The van der Waals surface area contributed by atoms with Gasteiger partial charge in [0.25, 0.3) is 0 Å². The molecule has 23 heteroatoms. The van der Waals surface area contributed by atoms with E-state index >= 15 is 0 Å². The molecule has 16 N–H and O–H groups in total. The fourth-order valence-electron chi connectivity index (χ4n) is 5.50. The number of carboxylic acids is 1. The molecule has 342 valence electrons. The van der Waals surface area contributed by atoms with Gasteiger partial charge < -0.3 is 69.9 Å². The van der Waals surface area contributed by atoms with Crippen molar-refractivity contribution in [1.29, 1.82) is 0 Å². The Morgan fingerprint density at radius 2 is 1.07 bits per heavy atom. The number of nitrogens with one attached hydrogen (secondary N) is 8. The van der Waals surface area contributed by atoms with Crippen LogP contribution in [0.4, 0.5) is 0 Å². The van der Waals surface area contributed by atoms with E-state index in [1.165, 1.54) is 13.8 Å². The van der Waals surface area contributed by atoms with Crippen molar-refractivity contribution >= 4 is 59.1 Å². The number of carbonyl (C=O) groups is 10. The first kappa shape index (κ1) is 54.6. The predicted octanol–water partition coefficient (Wildman–Crippen LogP) is -4.70. The van der Waals surface area contributed by atoms with E-state index in [1.807, 2.05) is 19.2 Å². The molecular formula is C37H67N11O12. The lowest BCUT2D eigenvalue weighted by molar-refractivity contribution is -0.138. The maximum Gasteiger partial charge on any atom is 0.322 e. The molecule has 0 aliphatic carbocycles. The molecule has 0 fully saturated rings. The van der Waals surface area contributed by atoms with Crippen LogP contribution in [0.15, 0.2) is 0 Å². The molecule has 0 saturated heterocycles. The van der Waals surface area contributed by atoms with E-state index in [4.69, 9.17) is 22.3 Å². The van der Waals surface area contributed by atoms with Crippen LogP contribution in [0.3, 0.4) is 0 Å². The van der Waals surface area contributed by atoms with Crippen LogP contribution in [0.5, 0.6) is 0 Å². The number of aliphatic hydroxyl groups is 1. The van der Waals surface area contributed by atoms with Gasteiger partial charge in [-0.25, -0.2) is 0 Å². The molecule has 0 spiro atoms. The van der Waals surface area contributed by atoms with Gasteiger partial charge in [-0.3, -0.25) is 47.9 Å². The standard InChI is InChI=1S/C37H67N11O12/c1-17(2)13-22(39)32(55)46-28(18(3)4)36(59)44-23(11-9-10-12-38)34(57)47-29(19(5)6)37(60)48-30(21(8)49)35(58)41-15-26(51)43-20(7)31(54)45-24(14-25(40)50)33(56)42-16-27(52)53/h17-24,28-30,49H,9-16,38-39H2,1-8H3,(H2,40,50)(H,41,58)(H,42,56)(H,43,51)(H,44,59)(H,45,54)(H,46,55)(H,47,57)(H,48,60)(H,52,53). The minimum atomic E-state index is -1.64. The molecule has 0 saturated carbocycles. The Bertz CT molecular complexity index is 1510. The van der Waals surface area contributed by atoms with Crippen molar-refractivity contribution in [3.05, 3.63) is 0 Å². The second-order valence-electron chi connectivity index (χ2n) is 15.6. The van der Waals surface area contributed by atoms with E-state index in [0.29, 0.717) is 25.8 Å². The van der Waals surface area contributed by atoms with Gasteiger partial charge in [0.2, 0.25) is 53.2 Å². The van der Waals surface area contributed by atoms with Gasteiger partial charge in [-0.2, -0.15) is 0 Å². The Morgan fingerprint density at radius 1 is 0.567 bits per heavy atom. The summed E-state index contributed by atoms with van der Waals surface area (Å²) in [6, 6.07) is -8.88. The molecule has 0 heterocycles. The van der Waals surface area contributed by atoms with Crippen molar-refractivity contribution in [3.8, 4) is 0 Å². The molecule has 0 bridgehead atoms. The van der Waals surface area contributed by atoms with Crippen LogP contribution >= 0.6 is 0 Å². The maximum atomic E-state index is 13.7. The second kappa shape index (κ2) is 27.4.